The van der Waals surface area contributed by atoms with E-state index < -0.39 is 0 Å². The molecule has 0 aromatic carbocycles. The maximum absolute atomic E-state index is 12.6. The van der Waals surface area contributed by atoms with Crippen molar-refractivity contribution in [1.29, 1.82) is 0 Å². The van der Waals surface area contributed by atoms with Gasteiger partial charge < -0.3 is 5.32 Å². The largest absolute Gasteiger partial charge is 0.309 e. The second kappa shape index (κ2) is 4.05. The first-order valence-corrected chi connectivity index (χ1v) is 5.10. The van der Waals surface area contributed by atoms with E-state index in [1.165, 1.54) is 25.1 Å². The molecule has 2 rings (SSSR count). The van der Waals surface area contributed by atoms with Gasteiger partial charge in [-0.05, 0) is 44.4 Å². The van der Waals surface area contributed by atoms with E-state index in [2.05, 4.69) is 17.2 Å². The zero-order valence-corrected chi connectivity index (χ0v) is 8.33. The van der Waals surface area contributed by atoms with Crippen molar-refractivity contribution < 1.29 is 4.39 Å². The summed E-state index contributed by atoms with van der Waals surface area (Å²) < 4.78 is 12.6. The van der Waals surface area contributed by atoms with E-state index in [0.29, 0.717) is 0 Å². The zero-order valence-electron chi connectivity index (χ0n) is 8.33. The van der Waals surface area contributed by atoms with E-state index in [1.54, 1.807) is 6.07 Å². The molecule has 1 atom stereocenters. The molecule has 1 aromatic heterocycles. The molecule has 0 saturated heterocycles. The summed E-state index contributed by atoms with van der Waals surface area (Å²) >= 11 is 0. The van der Waals surface area contributed by atoms with Gasteiger partial charge in [0.05, 0.1) is 11.9 Å². The highest BCUT2D eigenvalue weighted by Gasteiger charge is 2.21. The molecule has 2 nitrogen and oxygen atoms in total. The monoisotopic (exact) mass is 194 g/mol. The normalized spacial score (nSPS) is 18.1. The lowest BCUT2D eigenvalue weighted by Crippen LogP contribution is -2.21. The molecule has 0 amide bonds. The maximum Gasteiger partial charge on any atom is 0.141 e. The van der Waals surface area contributed by atoms with Crippen LogP contribution in [-0.2, 0) is 0 Å². The lowest BCUT2D eigenvalue weighted by Gasteiger charge is -2.12. The van der Waals surface area contributed by atoms with Gasteiger partial charge in [0.25, 0.3) is 0 Å². The first-order chi connectivity index (χ1) is 6.75. The Morgan fingerprint density at radius 2 is 2.36 bits per heavy atom. The van der Waals surface area contributed by atoms with E-state index >= 15 is 0 Å². The summed E-state index contributed by atoms with van der Waals surface area (Å²) in [4.78, 5) is 4.04. The molecule has 3 heteroatoms. The highest BCUT2D eigenvalue weighted by atomic mass is 19.1. The van der Waals surface area contributed by atoms with Crippen molar-refractivity contribution in [2.45, 2.75) is 25.8 Å². The second-order valence-electron chi connectivity index (χ2n) is 3.97. The third-order valence-corrected chi connectivity index (χ3v) is 2.60. The number of rotatable bonds is 4. The minimum absolute atomic E-state index is 0.219. The molecule has 0 radical (unpaired) electrons. The minimum Gasteiger partial charge on any atom is -0.309 e. The van der Waals surface area contributed by atoms with Gasteiger partial charge in [-0.2, -0.15) is 0 Å². The smallest absolute Gasteiger partial charge is 0.141 e. The molecule has 0 aliphatic heterocycles. The van der Waals surface area contributed by atoms with Crippen LogP contribution < -0.4 is 5.32 Å². The Kier molecular flexibility index (Phi) is 2.77. The van der Waals surface area contributed by atoms with Gasteiger partial charge in [-0.3, -0.25) is 4.98 Å². The van der Waals surface area contributed by atoms with Crippen LogP contribution in [0.15, 0.2) is 18.3 Å². The predicted octanol–water partition coefficient (Wildman–Crippen LogP) is 2.28. The van der Waals surface area contributed by atoms with Crippen molar-refractivity contribution in [3.8, 4) is 0 Å². The van der Waals surface area contributed by atoms with Crippen molar-refractivity contribution >= 4 is 0 Å². The van der Waals surface area contributed by atoms with Crippen LogP contribution >= 0.6 is 0 Å². The summed E-state index contributed by atoms with van der Waals surface area (Å²) in [6.45, 7) is 3.11. The van der Waals surface area contributed by atoms with Gasteiger partial charge in [0.15, 0.2) is 0 Å². The fraction of sp³-hybridized carbons (Fsp3) is 0.545. The van der Waals surface area contributed by atoms with Gasteiger partial charge in [-0.25, -0.2) is 4.39 Å². The highest BCUT2D eigenvalue weighted by molar-refractivity contribution is 5.09. The van der Waals surface area contributed by atoms with Crippen LogP contribution in [0.5, 0.6) is 0 Å². The first-order valence-electron chi connectivity index (χ1n) is 5.10. The average Bonchev–Trinajstić information content (AvgIpc) is 2.99. The van der Waals surface area contributed by atoms with E-state index in [9.17, 15) is 4.39 Å². The Labute approximate surface area is 83.6 Å². The predicted molar refractivity (Wildman–Crippen MR) is 53.3 cm³/mol. The van der Waals surface area contributed by atoms with Crippen LogP contribution in [-0.4, -0.2) is 11.5 Å². The summed E-state index contributed by atoms with van der Waals surface area (Å²) in [5, 5.41) is 3.40. The van der Waals surface area contributed by atoms with Crippen molar-refractivity contribution in [2.24, 2.45) is 5.92 Å². The fourth-order valence-corrected chi connectivity index (χ4v) is 1.41. The van der Waals surface area contributed by atoms with E-state index in [4.69, 9.17) is 0 Å². The fourth-order valence-electron chi connectivity index (χ4n) is 1.41. The Bertz CT molecular complexity index is 293. The average molecular weight is 194 g/mol. The van der Waals surface area contributed by atoms with Crippen LogP contribution in [0, 0.1) is 11.7 Å². The standard InChI is InChI=1S/C11H15FN2/c1-8(13-6-9-2-3-9)11-5-4-10(12)7-14-11/h4-5,7-9,13H,2-3,6H2,1H3. The van der Waals surface area contributed by atoms with E-state index in [-0.39, 0.29) is 11.9 Å². The van der Waals surface area contributed by atoms with Crippen LogP contribution in [0.25, 0.3) is 0 Å². The number of nitrogens with zero attached hydrogens (tertiary/aromatic N) is 1. The summed E-state index contributed by atoms with van der Waals surface area (Å²) in [5.74, 6) is 0.584. The van der Waals surface area contributed by atoms with Crippen molar-refractivity contribution in [3.05, 3.63) is 29.8 Å². The van der Waals surface area contributed by atoms with Gasteiger partial charge >= 0.3 is 0 Å². The van der Waals surface area contributed by atoms with Crippen molar-refractivity contribution in [2.75, 3.05) is 6.54 Å². The molecule has 1 saturated carbocycles. The SMILES string of the molecule is CC(NCC1CC1)c1ccc(F)cn1. The maximum atomic E-state index is 12.6. The van der Waals surface area contributed by atoms with Crippen LogP contribution in [0.2, 0.25) is 0 Å². The molecular formula is C11H15FN2. The molecule has 1 heterocycles. The molecule has 1 unspecified atom stereocenters. The van der Waals surface area contributed by atoms with Gasteiger partial charge in [0.1, 0.15) is 5.82 Å². The van der Waals surface area contributed by atoms with E-state index in [1.807, 2.05) is 0 Å². The van der Waals surface area contributed by atoms with Crippen LogP contribution in [0.1, 0.15) is 31.5 Å². The molecular weight excluding hydrogens is 179 g/mol. The second-order valence-corrected chi connectivity index (χ2v) is 3.97. The third-order valence-electron chi connectivity index (χ3n) is 2.60. The number of hydrogen-bond acceptors (Lipinski definition) is 2. The lowest BCUT2D eigenvalue weighted by molar-refractivity contribution is 0.534. The summed E-state index contributed by atoms with van der Waals surface area (Å²) in [6, 6.07) is 3.41. The summed E-state index contributed by atoms with van der Waals surface area (Å²) in [5.41, 5.74) is 0.909. The zero-order chi connectivity index (χ0) is 9.97. The summed E-state index contributed by atoms with van der Waals surface area (Å²) in [6.07, 6.45) is 3.96. The van der Waals surface area contributed by atoms with Gasteiger partial charge in [0.2, 0.25) is 0 Å². The van der Waals surface area contributed by atoms with Crippen LogP contribution in [0.3, 0.4) is 0 Å². The minimum atomic E-state index is -0.275. The number of pyridine rings is 1. The highest BCUT2D eigenvalue weighted by Crippen LogP contribution is 2.28. The number of nitrogens with one attached hydrogen (secondary N) is 1. The molecule has 1 fully saturated rings. The number of aromatic nitrogens is 1. The lowest BCUT2D eigenvalue weighted by atomic mass is 10.2. The molecule has 1 N–H and O–H groups in total. The first kappa shape index (κ1) is 9.59. The Balaban J connectivity index is 1.88. The third kappa shape index (κ3) is 2.51. The van der Waals surface area contributed by atoms with Gasteiger partial charge in [-0.1, -0.05) is 0 Å². The van der Waals surface area contributed by atoms with Crippen molar-refractivity contribution in [3.63, 3.8) is 0 Å². The molecule has 1 aliphatic rings. The quantitative estimate of drug-likeness (QED) is 0.795. The molecule has 14 heavy (non-hydrogen) atoms. The summed E-state index contributed by atoms with van der Waals surface area (Å²) in [7, 11) is 0. The topological polar surface area (TPSA) is 24.9 Å². The van der Waals surface area contributed by atoms with Gasteiger partial charge in [0, 0.05) is 6.04 Å². The Morgan fingerprint density at radius 3 is 2.93 bits per heavy atom. The van der Waals surface area contributed by atoms with Gasteiger partial charge in [-0.15, -0.1) is 0 Å². The Hall–Kier alpha value is -0.960. The van der Waals surface area contributed by atoms with Crippen molar-refractivity contribution in [1.82, 2.24) is 10.3 Å². The molecule has 0 spiro atoms. The molecule has 1 aromatic rings. The number of hydrogen-bond donors (Lipinski definition) is 1. The molecule has 1 aliphatic carbocycles. The molecule has 0 bridgehead atoms. The Morgan fingerprint density at radius 1 is 1.57 bits per heavy atom. The molecule has 76 valence electrons. The van der Waals surface area contributed by atoms with Crippen LogP contribution in [0.4, 0.5) is 4.39 Å². The van der Waals surface area contributed by atoms with E-state index in [0.717, 1.165) is 18.2 Å². The number of halogens is 1.